The molecule has 3 rings (SSSR count). The number of benzene rings is 2. The minimum absolute atomic E-state index is 0.638. The molecular formula is C16H14Br2N2O. The van der Waals surface area contributed by atoms with E-state index >= 15 is 0 Å². The second-order valence-electron chi connectivity index (χ2n) is 4.69. The molecule has 108 valence electrons. The Morgan fingerprint density at radius 3 is 2.67 bits per heavy atom. The lowest BCUT2D eigenvalue weighted by Crippen LogP contribution is -2.06. The zero-order valence-corrected chi connectivity index (χ0v) is 14.7. The van der Waals surface area contributed by atoms with Crippen molar-refractivity contribution in [3.8, 4) is 11.4 Å². The summed E-state index contributed by atoms with van der Waals surface area (Å²) in [6.45, 7) is 1.38. The number of halogens is 2. The average Bonchev–Trinajstić information content (AvgIpc) is 2.80. The smallest absolute Gasteiger partial charge is 0.142 e. The van der Waals surface area contributed by atoms with Crippen LogP contribution in [0.2, 0.25) is 0 Å². The van der Waals surface area contributed by atoms with Crippen LogP contribution in [0.4, 0.5) is 0 Å². The number of methoxy groups -OCH3 is 1. The Morgan fingerprint density at radius 2 is 1.86 bits per heavy atom. The molecule has 0 amide bonds. The van der Waals surface area contributed by atoms with Gasteiger partial charge in [-0.15, -0.1) is 0 Å². The van der Waals surface area contributed by atoms with E-state index in [9.17, 15) is 0 Å². The second-order valence-corrected chi connectivity index (χ2v) is 6.19. The molecule has 3 aromatic rings. The van der Waals surface area contributed by atoms with Crippen LogP contribution in [0.15, 0.2) is 51.7 Å². The van der Waals surface area contributed by atoms with E-state index in [-0.39, 0.29) is 0 Å². The van der Waals surface area contributed by atoms with Gasteiger partial charge in [-0.1, -0.05) is 42.5 Å². The molecule has 1 aromatic heterocycles. The zero-order valence-electron chi connectivity index (χ0n) is 11.5. The molecule has 2 aromatic carbocycles. The van der Waals surface area contributed by atoms with E-state index in [4.69, 9.17) is 4.74 Å². The molecule has 0 atom stereocenters. The van der Waals surface area contributed by atoms with Crippen molar-refractivity contribution in [2.45, 2.75) is 6.54 Å². The van der Waals surface area contributed by atoms with Crippen LogP contribution in [0.5, 0.6) is 0 Å². The molecule has 0 spiro atoms. The standard InChI is InChI=1S/C16H14Br2N2O/c1-21-10-9-20-15(18)14(17)19-16(20)13-8-4-6-11-5-2-3-7-12(11)13/h2-8H,9-10H2,1H3. The molecule has 1 heterocycles. The summed E-state index contributed by atoms with van der Waals surface area (Å²) in [6, 6.07) is 14.6. The van der Waals surface area contributed by atoms with Gasteiger partial charge in [-0.2, -0.15) is 0 Å². The third-order valence-corrected chi connectivity index (χ3v) is 5.31. The van der Waals surface area contributed by atoms with Gasteiger partial charge in [0.25, 0.3) is 0 Å². The fourth-order valence-electron chi connectivity index (χ4n) is 2.42. The van der Waals surface area contributed by atoms with Gasteiger partial charge in [-0.3, -0.25) is 0 Å². The number of aromatic nitrogens is 2. The minimum atomic E-state index is 0.638. The molecule has 0 aliphatic rings. The molecule has 0 fully saturated rings. The normalized spacial score (nSPS) is 11.2. The number of nitrogens with zero attached hydrogens (tertiary/aromatic N) is 2. The molecule has 5 heteroatoms. The first-order chi connectivity index (χ1) is 10.2. The van der Waals surface area contributed by atoms with Crippen LogP contribution in [0.1, 0.15) is 0 Å². The molecular weight excluding hydrogens is 396 g/mol. The van der Waals surface area contributed by atoms with Crippen molar-refractivity contribution in [2.75, 3.05) is 13.7 Å². The highest BCUT2D eigenvalue weighted by atomic mass is 79.9. The van der Waals surface area contributed by atoms with Crippen LogP contribution in [0.25, 0.3) is 22.2 Å². The van der Waals surface area contributed by atoms with E-state index in [0.29, 0.717) is 6.61 Å². The summed E-state index contributed by atoms with van der Waals surface area (Å²) in [5.74, 6) is 0.933. The third kappa shape index (κ3) is 2.78. The summed E-state index contributed by atoms with van der Waals surface area (Å²) in [6.07, 6.45) is 0. The zero-order chi connectivity index (χ0) is 14.8. The van der Waals surface area contributed by atoms with Gasteiger partial charge in [0.15, 0.2) is 0 Å². The van der Waals surface area contributed by atoms with Gasteiger partial charge in [0.05, 0.1) is 6.61 Å². The molecule has 0 aliphatic carbocycles. The predicted molar refractivity (Wildman–Crippen MR) is 92.4 cm³/mol. The molecule has 3 nitrogen and oxygen atoms in total. The van der Waals surface area contributed by atoms with Crippen LogP contribution >= 0.6 is 31.9 Å². The van der Waals surface area contributed by atoms with Crippen molar-refractivity contribution in [2.24, 2.45) is 0 Å². The molecule has 0 bridgehead atoms. The molecule has 0 radical (unpaired) electrons. The van der Waals surface area contributed by atoms with Crippen molar-refractivity contribution in [3.63, 3.8) is 0 Å². The second kappa shape index (κ2) is 6.30. The maximum absolute atomic E-state index is 5.20. The van der Waals surface area contributed by atoms with E-state index in [0.717, 1.165) is 27.1 Å². The van der Waals surface area contributed by atoms with Crippen molar-refractivity contribution < 1.29 is 4.74 Å². The Kier molecular flexibility index (Phi) is 4.42. The molecule has 21 heavy (non-hydrogen) atoms. The van der Waals surface area contributed by atoms with Crippen molar-refractivity contribution in [3.05, 3.63) is 51.7 Å². The summed E-state index contributed by atoms with van der Waals surface area (Å²) in [5, 5.41) is 2.41. The SMILES string of the molecule is COCCn1c(-c2cccc3ccccc23)nc(Br)c1Br. The Morgan fingerprint density at radius 1 is 1.10 bits per heavy atom. The van der Waals surface area contributed by atoms with Crippen LogP contribution < -0.4 is 0 Å². The van der Waals surface area contributed by atoms with Crippen molar-refractivity contribution in [1.29, 1.82) is 0 Å². The van der Waals surface area contributed by atoms with E-state index < -0.39 is 0 Å². The van der Waals surface area contributed by atoms with E-state index in [1.165, 1.54) is 10.8 Å². The number of rotatable bonds is 4. The monoisotopic (exact) mass is 408 g/mol. The highest BCUT2D eigenvalue weighted by molar-refractivity contribution is 9.13. The Balaban J connectivity index is 2.21. The first-order valence-electron chi connectivity index (χ1n) is 6.61. The quantitative estimate of drug-likeness (QED) is 0.614. The van der Waals surface area contributed by atoms with Gasteiger partial charge in [-0.25, -0.2) is 4.98 Å². The van der Waals surface area contributed by atoms with Crippen molar-refractivity contribution in [1.82, 2.24) is 9.55 Å². The van der Waals surface area contributed by atoms with E-state index in [1.54, 1.807) is 7.11 Å². The van der Waals surface area contributed by atoms with E-state index in [1.807, 2.05) is 0 Å². The van der Waals surface area contributed by atoms with Crippen LogP contribution in [-0.4, -0.2) is 23.3 Å². The molecule has 0 unspecified atom stereocenters. The maximum atomic E-state index is 5.20. The maximum Gasteiger partial charge on any atom is 0.142 e. The summed E-state index contributed by atoms with van der Waals surface area (Å²) in [4.78, 5) is 4.66. The van der Waals surface area contributed by atoms with Gasteiger partial charge in [0, 0.05) is 19.2 Å². The highest BCUT2D eigenvalue weighted by Crippen LogP contribution is 2.33. The van der Waals surface area contributed by atoms with Crippen LogP contribution in [0, 0.1) is 0 Å². The van der Waals surface area contributed by atoms with Gasteiger partial charge in [0.2, 0.25) is 0 Å². The van der Waals surface area contributed by atoms with Crippen LogP contribution in [0.3, 0.4) is 0 Å². The number of hydrogen-bond donors (Lipinski definition) is 0. The third-order valence-electron chi connectivity index (χ3n) is 3.42. The summed E-state index contributed by atoms with van der Waals surface area (Å²) < 4.78 is 9.06. The number of ether oxygens (including phenoxy) is 1. The summed E-state index contributed by atoms with van der Waals surface area (Å²) in [5.41, 5.74) is 1.12. The predicted octanol–water partition coefficient (Wildman–Crippen LogP) is 4.87. The Labute approximate surface area is 140 Å². The molecule has 0 saturated carbocycles. The average molecular weight is 410 g/mol. The number of hydrogen-bond acceptors (Lipinski definition) is 2. The number of fused-ring (bicyclic) bond motifs is 1. The van der Waals surface area contributed by atoms with Gasteiger partial charge < -0.3 is 9.30 Å². The lowest BCUT2D eigenvalue weighted by Gasteiger charge is -2.10. The van der Waals surface area contributed by atoms with Crippen LogP contribution in [-0.2, 0) is 11.3 Å². The Bertz CT molecular complexity index is 778. The number of imidazole rings is 1. The molecule has 0 saturated heterocycles. The molecule has 0 N–H and O–H groups in total. The van der Waals surface area contributed by atoms with E-state index in [2.05, 4.69) is 83.9 Å². The van der Waals surface area contributed by atoms with Crippen molar-refractivity contribution >= 4 is 42.6 Å². The van der Waals surface area contributed by atoms with Gasteiger partial charge in [0.1, 0.15) is 15.0 Å². The highest BCUT2D eigenvalue weighted by Gasteiger charge is 2.16. The lowest BCUT2D eigenvalue weighted by molar-refractivity contribution is 0.187. The topological polar surface area (TPSA) is 27.1 Å². The Hall–Kier alpha value is -1.17. The van der Waals surface area contributed by atoms with Gasteiger partial charge >= 0.3 is 0 Å². The summed E-state index contributed by atoms with van der Waals surface area (Å²) >= 11 is 7.09. The lowest BCUT2D eigenvalue weighted by atomic mass is 10.0. The fraction of sp³-hybridized carbons (Fsp3) is 0.188. The molecule has 0 aliphatic heterocycles. The largest absolute Gasteiger partial charge is 0.383 e. The summed E-state index contributed by atoms with van der Waals surface area (Å²) in [7, 11) is 1.71. The first-order valence-corrected chi connectivity index (χ1v) is 8.19. The van der Waals surface area contributed by atoms with Gasteiger partial charge in [-0.05, 0) is 42.6 Å². The minimum Gasteiger partial charge on any atom is -0.383 e. The first kappa shape index (κ1) is 14.8. The fourth-order valence-corrected chi connectivity index (χ4v) is 3.23.